The molecule has 0 atom stereocenters. The van der Waals surface area contributed by atoms with Crippen LogP contribution in [0.2, 0.25) is 0 Å². The molecule has 0 unspecified atom stereocenters. The fourth-order valence-corrected chi connectivity index (χ4v) is 5.42. The lowest BCUT2D eigenvalue weighted by Gasteiger charge is -2.17. The Bertz CT molecular complexity index is 746. The topological polar surface area (TPSA) is 46.6 Å². The first kappa shape index (κ1) is 16.4. The third-order valence-electron chi connectivity index (χ3n) is 2.85. The quantitative estimate of drug-likeness (QED) is 0.780. The van der Waals surface area contributed by atoms with E-state index in [4.69, 9.17) is 4.74 Å². The van der Waals surface area contributed by atoms with Gasteiger partial charge < -0.3 is 4.74 Å². The fourth-order valence-electron chi connectivity index (χ4n) is 1.76. The molecular formula is C13H13BrFNO3S2. The van der Waals surface area contributed by atoms with Crippen LogP contribution in [0.1, 0.15) is 5.56 Å². The normalized spacial score (nSPS) is 11.9. The van der Waals surface area contributed by atoms with Gasteiger partial charge in [-0.2, -0.15) is 4.31 Å². The Balaban J connectivity index is 2.24. The van der Waals surface area contributed by atoms with Gasteiger partial charge >= 0.3 is 0 Å². The molecule has 0 aliphatic heterocycles. The highest BCUT2D eigenvalue weighted by Gasteiger charge is 2.25. The molecule has 0 saturated carbocycles. The molecule has 1 aromatic heterocycles. The van der Waals surface area contributed by atoms with E-state index in [0.29, 0.717) is 10.0 Å². The Kier molecular flexibility index (Phi) is 5.03. The van der Waals surface area contributed by atoms with E-state index in [2.05, 4.69) is 15.9 Å². The van der Waals surface area contributed by atoms with Crippen LogP contribution in [0.5, 0.6) is 5.75 Å². The minimum Gasteiger partial charge on any atom is -0.494 e. The Morgan fingerprint density at radius 2 is 2.10 bits per heavy atom. The Morgan fingerprint density at radius 3 is 2.62 bits per heavy atom. The van der Waals surface area contributed by atoms with Gasteiger partial charge in [0.1, 0.15) is 4.21 Å². The van der Waals surface area contributed by atoms with E-state index in [-0.39, 0.29) is 16.5 Å². The summed E-state index contributed by atoms with van der Waals surface area (Å²) in [5, 5.41) is 1.69. The highest BCUT2D eigenvalue weighted by atomic mass is 79.9. The number of hydrogen-bond donors (Lipinski definition) is 0. The number of halogens is 2. The van der Waals surface area contributed by atoms with E-state index in [1.54, 1.807) is 17.5 Å². The van der Waals surface area contributed by atoms with Gasteiger partial charge in [-0.05, 0) is 45.1 Å². The van der Waals surface area contributed by atoms with E-state index in [9.17, 15) is 12.8 Å². The molecule has 2 rings (SSSR count). The molecular weight excluding hydrogens is 381 g/mol. The monoisotopic (exact) mass is 393 g/mol. The second-order valence-corrected chi connectivity index (χ2v) is 8.30. The summed E-state index contributed by atoms with van der Waals surface area (Å²) in [7, 11) is -0.762. The van der Waals surface area contributed by atoms with Crippen molar-refractivity contribution < 1.29 is 17.5 Å². The van der Waals surface area contributed by atoms with Gasteiger partial charge in [-0.3, -0.25) is 0 Å². The molecule has 0 spiro atoms. The van der Waals surface area contributed by atoms with E-state index < -0.39 is 15.8 Å². The molecule has 21 heavy (non-hydrogen) atoms. The Morgan fingerprint density at radius 1 is 1.38 bits per heavy atom. The molecule has 0 fully saturated rings. The lowest BCUT2D eigenvalue weighted by atomic mass is 10.2. The molecule has 1 heterocycles. The zero-order chi connectivity index (χ0) is 15.6. The summed E-state index contributed by atoms with van der Waals surface area (Å²) < 4.78 is 45.2. The van der Waals surface area contributed by atoms with Crippen LogP contribution in [-0.4, -0.2) is 26.9 Å². The molecule has 0 N–H and O–H groups in total. The maximum Gasteiger partial charge on any atom is 0.253 e. The largest absolute Gasteiger partial charge is 0.494 e. The van der Waals surface area contributed by atoms with Crippen molar-refractivity contribution in [1.82, 2.24) is 4.31 Å². The maximum absolute atomic E-state index is 13.6. The lowest BCUT2D eigenvalue weighted by Crippen LogP contribution is -2.26. The van der Waals surface area contributed by atoms with Crippen LogP contribution in [0, 0.1) is 5.82 Å². The number of thiophene rings is 1. The minimum absolute atomic E-state index is 0.0770. The molecule has 0 amide bonds. The van der Waals surface area contributed by atoms with Crippen molar-refractivity contribution in [3.8, 4) is 5.75 Å². The number of hydrogen-bond acceptors (Lipinski definition) is 4. The van der Waals surface area contributed by atoms with Crippen molar-refractivity contribution in [2.45, 2.75) is 10.8 Å². The van der Waals surface area contributed by atoms with Crippen LogP contribution in [-0.2, 0) is 16.6 Å². The molecule has 0 aliphatic carbocycles. The van der Waals surface area contributed by atoms with Crippen molar-refractivity contribution in [3.63, 3.8) is 0 Å². The molecule has 1 aromatic carbocycles. The van der Waals surface area contributed by atoms with E-state index in [1.807, 2.05) is 0 Å². The van der Waals surface area contributed by atoms with E-state index in [0.717, 1.165) is 11.3 Å². The maximum atomic E-state index is 13.6. The summed E-state index contributed by atoms with van der Waals surface area (Å²) >= 11 is 4.35. The van der Waals surface area contributed by atoms with Gasteiger partial charge in [0.15, 0.2) is 11.6 Å². The van der Waals surface area contributed by atoms with Crippen molar-refractivity contribution in [1.29, 1.82) is 0 Å². The first-order chi connectivity index (χ1) is 9.86. The summed E-state index contributed by atoms with van der Waals surface area (Å²) in [5.41, 5.74) is 0.548. The standard InChI is InChI=1S/C13H13BrFNO3S2/c1-16(21(17,18)13-10(14)5-6-20-13)8-9-3-4-12(19-2)11(15)7-9/h3-7H,8H2,1-2H3. The third kappa shape index (κ3) is 3.45. The zero-order valence-corrected chi connectivity index (χ0v) is 14.6. The van der Waals surface area contributed by atoms with Crippen molar-refractivity contribution in [2.24, 2.45) is 0 Å². The first-order valence-corrected chi connectivity index (χ1v) is 8.99. The molecule has 4 nitrogen and oxygen atoms in total. The van der Waals surface area contributed by atoms with Gasteiger partial charge in [0.2, 0.25) is 0 Å². The number of benzene rings is 1. The minimum atomic E-state index is -3.60. The van der Waals surface area contributed by atoms with Gasteiger partial charge in [0.05, 0.1) is 7.11 Å². The number of ether oxygens (including phenoxy) is 1. The molecule has 0 radical (unpaired) electrons. The summed E-state index contributed by atoms with van der Waals surface area (Å²) in [6.07, 6.45) is 0. The summed E-state index contributed by atoms with van der Waals surface area (Å²) in [4.78, 5) is 0. The van der Waals surface area contributed by atoms with Crippen LogP contribution in [0.3, 0.4) is 0 Å². The predicted octanol–water partition coefficient (Wildman–Crippen LogP) is 3.48. The summed E-state index contributed by atoms with van der Waals surface area (Å²) in [6, 6.07) is 6.07. The Hall–Kier alpha value is -0.960. The van der Waals surface area contributed by atoms with Crippen LogP contribution < -0.4 is 4.74 Å². The molecule has 0 aliphatic rings. The highest BCUT2D eigenvalue weighted by molar-refractivity contribution is 9.10. The van der Waals surface area contributed by atoms with Gasteiger partial charge in [-0.15, -0.1) is 11.3 Å². The molecule has 114 valence electrons. The van der Waals surface area contributed by atoms with E-state index in [1.165, 1.54) is 30.6 Å². The average Bonchev–Trinajstić information content (AvgIpc) is 2.86. The highest BCUT2D eigenvalue weighted by Crippen LogP contribution is 2.30. The second-order valence-electron chi connectivity index (χ2n) is 4.29. The van der Waals surface area contributed by atoms with Gasteiger partial charge in [0.25, 0.3) is 10.0 Å². The number of sulfonamides is 1. The van der Waals surface area contributed by atoms with Crippen LogP contribution in [0.25, 0.3) is 0 Å². The average molecular weight is 394 g/mol. The van der Waals surface area contributed by atoms with Crippen molar-refractivity contribution >= 4 is 37.3 Å². The van der Waals surface area contributed by atoms with Crippen LogP contribution >= 0.6 is 27.3 Å². The summed E-state index contributed by atoms with van der Waals surface area (Å²) in [6.45, 7) is 0.0770. The number of rotatable bonds is 5. The number of nitrogens with zero attached hydrogens (tertiary/aromatic N) is 1. The number of methoxy groups -OCH3 is 1. The lowest BCUT2D eigenvalue weighted by molar-refractivity contribution is 0.385. The molecule has 0 bridgehead atoms. The Labute approximate surface area is 135 Å². The fraction of sp³-hybridized carbons (Fsp3) is 0.231. The van der Waals surface area contributed by atoms with Crippen molar-refractivity contribution in [3.05, 3.63) is 45.5 Å². The zero-order valence-electron chi connectivity index (χ0n) is 11.3. The van der Waals surface area contributed by atoms with Crippen molar-refractivity contribution in [2.75, 3.05) is 14.2 Å². The molecule has 2 aromatic rings. The molecule has 8 heteroatoms. The smallest absolute Gasteiger partial charge is 0.253 e. The van der Waals surface area contributed by atoms with Crippen LogP contribution in [0.15, 0.2) is 38.3 Å². The third-order valence-corrected chi connectivity index (χ3v) is 7.30. The van der Waals surface area contributed by atoms with Gasteiger partial charge in [-0.25, -0.2) is 12.8 Å². The SMILES string of the molecule is COc1ccc(CN(C)S(=O)(=O)c2sccc2Br)cc1F. The predicted molar refractivity (Wildman–Crippen MR) is 83.6 cm³/mol. The first-order valence-electron chi connectivity index (χ1n) is 5.88. The van der Waals surface area contributed by atoms with Crippen LogP contribution in [0.4, 0.5) is 4.39 Å². The second kappa shape index (κ2) is 6.43. The summed E-state index contributed by atoms with van der Waals surface area (Å²) in [5.74, 6) is -0.386. The van der Waals surface area contributed by atoms with E-state index >= 15 is 0 Å². The van der Waals surface area contributed by atoms with Gasteiger partial charge in [0, 0.05) is 18.1 Å². The molecule has 0 saturated heterocycles. The van der Waals surface area contributed by atoms with Gasteiger partial charge in [-0.1, -0.05) is 6.07 Å².